The first kappa shape index (κ1) is 30.3. The molecule has 0 radical (unpaired) electrons. The number of rotatable bonds is 12. The second kappa shape index (κ2) is 14.3. The minimum atomic E-state index is -0.990. The second-order valence-corrected chi connectivity index (χ2v) is 10.9. The Balaban J connectivity index is 1.55. The van der Waals surface area contributed by atoms with Crippen molar-refractivity contribution in [3.05, 3.63) is 95.1 Å². The van der Waals surface area contributed by atoms with Gasteiger partial charge in [0.15, 0.2) is 6.29 Å². The summed E-state index contributed by atoms with van der Waals surface area (Å²) < 4.78 is 12.9. The predicted molar refractivity (Wildman–Crippen MR) is 154 cm³/mol. The van der Waals surface area contributed by atoms with Gasteiger partial charge >= 0.3 is 11.9 Å². The molecular weight excluding hydrogens is 546 g/mol. The highest BCUT2D eigenvalue weighted by Gasteiger charge is 2.38. The number of thioether (sulfide) groups is 1. The number of carboxylic acid groups (broad SMARTS) is 2. The fourth-order valence-electron chi connectivity index (χ4n) is 4.64. The van der Waals surface area contributed by atoms with Gasteiger partial charge in [-0.3, -0.25) is 9.59 Å². The molecule has 3 aromatic carbocycles. The van der Waals surface area contributed by atoms with E-state index in [0.29, 0.717) is 21.9 Å². The van der Waals surface area contributed by atoms with Crippen molar-refractivity contribution in [2.45, 2.75) is 56.2 Å². The average Bonchev–Trinajstić information content (AvgIpc) is 2.96. The molecule has 1 aliphatic rings. The molecule has 1 fully saturated rings. The highest BCUT2D eigenvalue weighted by molar-refractivity contribution is 7.99. The van der Waals surface area contributed by atoms with Gasteiger partial charge in [-0.05, 0) is 41.8 Å². The molecule has 3 aromatic rings. The standard InChI is InChI=1S/C31H33NO8S/c1-19-25(18-41-26-9-3-2-8-24(26)30(37)38)39-31(40-29(19)21-14-12-20(17-33)13-15-21)22-6-4-7-23(16-22)32-27(34)10-5-11-28(35)36/h2-4,6-9,12-16,19,25,29,31,33H,5,10-11,17-18H2,1H3,(H,32,34)(H,35,36)(H,37,38). The van der Waals surface area contributed by atoms with E-state index in [4.69, 9.17) is 14.6 Å². The lowest BCUT2D eigenvalue weighted by molar-refractivity contribution is -0.268. The maximum absolute atomic E-state index is 12.3. The molecular formula is C31H33NO8S. The molecule has 216 valence electrons. The van der Waals surface area contributed by atoms with Gasteiger partial charge in [-0.15, -0.1) is 11.8 Å². The summed E-state index contributed by atoms with van der Waals surface area (Å²) in [5, 5.41) is 30.7. The Bertz CT molecular complexity index is 1360. The van der Waals surface area contributed by atoms with E-state index < -0.39 is 18.2 Å². The fourth-order valence-corrected chi connectivity index (χ4v) is 5.85. The van der Waals surface area contributed by atoms with Crippen molar-refractivity contribution >= 4 is 35.3 Å². The third-order valence-electron chi connectivity index (χ3n) is 6.88. The highest BCUT2D eigenvalue weighted by atomic mass is 32.2. The second-order valence-electron chi connectivity index (χ2n) is 9.86. The molecule has 1 saturated heterocycles. The lowest BCUT2D eigenvalue weighted by Crippen LogP contribution is -2.38. The SMILES string of the molecule is CC1C(CSc2ccccc2C(=O)O)OC(c2cccc(NC(=O)CCCC(=O)O)c2)OC1c1ccc(CO)cc1. The molecule has 1 aliphatic heterocycles. The molecule has 0 aliphatic carbocycles. The average molecular weight is 580 g/mol. The molecule has 4 unspecified atom stereocenters. The van der Waals surface area contributed by atoms with E-state index in [2.05, 4.69) is 5.32 Å². The zero-order chi connectivity index (χ0) is 29.4. The summed E-state index contributed by atoms with van der Waals surface area (Å²) in [7, 11) is 0. The van der Waals surface area contributed by atoms with Crippen LogP contribution in [0.1, 0.15) is 65.6 Å². The van der Waals surface area contributed by atoms with Crippen molar-refractivity contribution in [3.63, 3.8) is 0 Å². The Morgan fingerprint density at radius 3 is 2.37 bits per heavy atom. The van der Waals surface area contributed by atoms with E-state index in [9.17, 15) is 24.6 Å². The number of amides is 1. The van der Waals surface area contributed by atoms with Crippen LogP contribution in [0, 0.1) is 5.92 Å². The van der Waals surface area contributed by atoms with Crippen molar-refractivity contribution in [2.24, 2.45) is 5.92 Å². The van der Waals surface area contributed by atoms with Gasteiger partial charge in [0.2, 0.25) is 5.91 Å². The van der Waals surface area contributed by atoms with Crippen LogP contribution >= 0.6 is 11.8 Å². The summed E-state index contributed by atoms with van der Waals surface area (Å²) in [5.41, 5.74) is 3.18. The van der Waals surface area contributed by atoms with Crippen molar-refractivity contribution in [2.75, 3.05) is 11.1 Å². The van der Waals surface area contributed by atoms with Gasteiger partial charge in [0.25, 0.3) is 0 Å². The molecule has 0 spiro atoms. The van der Waals surface area contributed by atoms with Gasteiger partial charge in [-0.2, -0.15) is 0 Å². The van der Waals surface area contributed by atoms with E-state index >= 15 is 0 Å². The van der Waals surface area contributed by atoms with E-state index in [-0.39, 0.29) is 55.5 Å². The Morgan fingerprint density at radius 2 is 1.66 bits per heavy atom. The summed E-state index contributed by atoms with van der Waals surface area (Å²) in [6.07, 6.45) is -1.17. The number of benzene rings is 3. The molecule has 4 rings (SSSR count). The van der Waals surface area contributed by atoms with Gasteiger partial charge < -0.3 is 30.1 Å². The highest BCUT2D eigenvalue weighted by Crippen LogP contribution is 2.43. The van der Waals surface area contributed by atoms with Crippen LogP contribution in [0.25, 0.3) is 0 Å². The summed E-state index contributed by atoms with van der Waals surface area (Å²) >= 11 is 1.41. The molecule has 10 heteroatoms. The van der Waals surface area contributed by atoms with Crippen LogP contribution < -0.4 is 5.32 Å². The molecule has 0 saturated carbocycles. The number of aromatic carboxylic acids is 1. The first-order chi connectivity index (χ1) is 19.7. The quantitative estimate of drug-likeness (QED) is 0.200. The number of aliphatic hydroxyl groups excluding tert-OH is 1. The third kappa shape index (κ3) is 8.17. The zero-order valence-corrected chi connectivity index (χ0v) is 23.4. The van der Waals surface area contributed by atoms with Crippen LogP contribution in [0.2, 0.25) is 0 Å². The lowest BCUT2D eigenvalue weighted by atomic mass is 9.91. The third-order valence-corrected chi connectivity index (χ3v) is 8.04. The molecule has 1 amide bonds. The van der Waals surface area contributed by atoms with Crippen LogP contribution in [0.5, 0.6) is 0 Å². The van der Waals surface area contributed by atoms with Gasteiger partial charge in [-0.25, -0.2) is 4.79 Å². The Hall–Kier alpha value is -3.70. The number of aliphatic carboxylic acids is 1. The Kier molecular flexibility index (Phi) is 10.5. The molecule has 4 atom stereocenters. The number of hydrogen-bond donors (Lipinski definition) is 4. The number of aliphatic hydroxyl groups is 1. The van der Waals surface area contributed by atoms with Gasteiger partial charge in [0.1, 0.15) is 0 Å². The smallest absolute Gasteiger partial charge is 0.336 e. The van der Waals surface area contributed by atoms with Crippen molar-refractivity contribution < 1.29 is 39.2 Å². The van der Waals surface area contributed by atoms with Crippen LogP contribution in [-0.4, -0.2) is 45.0 Å². The Labute approximate surface area is 242 Å². The molecule has 41 heavy (non-hydrogen) atoms. The normalized spacial score (nSPS) is 20.3. The topological polar surface area (TPSA) is 142 Å². The number of carbonyl (C=O) groups is 3. The minimum Gasteiger partial charge on any atom is -0.481 e. The molecule has 0 aromatic heterocycles. The molecule has 9 nitrogen and oxygen atoms in total. The number of hydrogen-bond acceptors (Lipinski definition) is 7. The van der Waals surface area contributed by atoms with E-state index in [1.54, 1.807) is 42.5 Å². The van der Waals surface area contributed by atoms with Crippen LogP contribution in [-0.2, 0) is 25.7 Å². The number of nitrogens with one attached hydrogen (secondary N) is 1. The number of carboxylic acids is 2. The summed E-state index contributed by atoms with van der Waals surface area (Å²) in [6.45, 7) is 1.97. The summed E-state index contributed by atoms with van der Waals surface area (Å²) in [4.78, 5) is 35.4. The van der Waals surface area contributed by atoms with E-state index in [0.717, 1.165) is 11.1 Å². The molecule has 0 bridgehead atoms. The minimum absolute atomic E-state index is 0.0653. The van der Waals surface area contributed by atoms with Crippen LogP contribution in [0.15, 0.2) is 77.7 Å². The predicted octanol–water partition coefficient (Wildman–Crippen LogP) is 5.65. The molecule has 4 N–H and O–H groups in total. The monoisotopic (exact) mass is 579 g/mol. The fraction of sp³-hybridized carbons (Fsp3) is 0.323. The summed E-state index contributed by atoms with van der Waals surface area (Å²) in [5.74, 6) is -1.82. The lowest BCUT2D eigenvalue weighted by Gasteiger charge is -2.41. The first-order valence-electron chi connectivity index (χ1n) is 13.3. The van der Waals surface area contributed by atoms with Gasteiger partial charge in [0.05, 0.1) is 24.4 Å². The van der Waals surface area contributed by atoms with Crippen molar-refractivity contribution in [1.29, 1.82) is 0 Å². The largest absolute Gasteiger partial charge is 0.481 e. The van der Waals surface area contributed by atoms with Crippen LogP contribution in [0.4, 0.5) is 5.69 Å². The van der Waals surface area contributed by atoms with E-state index in [1.807, 2.05) is 37.3 Å². The zero-order valence-electron chi connectivity index (χ0n) is 22.6. The maximum atomic E-state index is 12.3. The number of ether oxygens (including phenoxy) is 2. The summed E-state index contributed by atoms with van der Waals surface area (Å²) in [6, 6.07) is 21.5. The number of carbonyl (C=O) groups excluding carboxylic acids is 1. The molecule has 1 heterocycles. The maximum Gasteiger partial charge on any atom is 0.336 e. The van der Waals surface area contributed by atoms with Crippen molar-refractivity contribution in [1.82, 2.24) is 0 Å². The van der Waals surface area contributed by atoms with Crippen molar-refractivity contribution in [3.8, 4) is 0 Å². The van der Waals surface area contributed by atoms with Gasteiger partial charge in [0, 0.05) is 40.7 Å². The first-order valence-corrected chi connectivity index (χ1v) is 14.3. The Morgan fingerprint density at radius 1 is 0.902 bits per heavy atom. The van der Waals surface area contributed by atoms with Gasteiger partial charge in [-0.1, -0.05) is 55.5 Å². The number of anilines is 1. The van der Waals surface area contributed by atoms with E-state index in [1.165, 1.54) is 11.8 Å². The van der Waals surface area contributed by atoms with Crippen LogP contribution in [0.3, 0.4) is 0 Å².